The molecule has 9 heteroatoms. The summed E-state index contributed by atoms with van der Waals surface area (Å²) in [6.07, 6.45) is 4.98. The number of hydrogen-bond donors (Lipinski definition) is 2. The number of aliphatic imine (C=N–C) groups is 1. The maximum Gasteiger partial charge on any atom is 0.256 e. The summed E-state index contributed by atoms with van der Waals surface area (Å²) in [6.45, 7) is 4.53. The molecule has 1 fully saturated rings. The minimum Gasteiger partial charge on any atom is -0.451 e. The summed E-state index contributed by atoms with van der Waals surface area (Å²) in [4.78, 5) is 35.5. The van der Waals surface area contributed by atoms with Crippen LogP contribution in [0.1, 0.15) is 28.8 Å². The number of fused-ring (bicyclic) bond motifs is 3. The van der Waals surface area contributed by atoms with Gasteiger partial charge in [0.15, 0.2) is 11.5 Å². The van der Waals surface area contributed by atoms with E-state index in [0.29, 0.717) is 41.9 Å². The second-order valence-corrected chi connectivity index (χ2v) is 10.9. The fourth-order valence-electron chi connectivity index (χ4n) is 5.68. The highest BCUT2D eigenvalue weighted by Crippen LogP contribution is 2.48. The van der Waals surface area contributed by atoms with Crippen molar-refractivity contribution in [3.05, 3.63) is 70.0 Å². The van der Waals surface area contributed by atoms with E-state index in [1.807, 2.05) is 73.0 Å². The first kappa shape index (κ1) is 25.9. The number of hydrogen-bond acceptors (Lipinski definition) is 6. The van der Waals surface area contributed by atoms with E-state index in [1.165, 1.54) is 0 Å². The van der Waals surface area contributed by atoms with Crippen LogP contribution >= 0.6 is 0 Å². The van der Waals surface area contributed by atoms with Gasteiger partial charge in [-0.15, -0.1) is 0 Å². The van der Waals surface area contributed by atoms with Crippen molar-refractivity contribution in [1.82, 2.24) is 14.8 Å². The number of carbonyl (C=O) groups is 1. The molecular weight excluding hydrogens is 504 g/mol. The quantitative estimate of drug-likeness (QED) is 0.186. The highest BCUT2D eigenvalue weighted by molar-refractivity contribution is 6.02. The van der Waals surface area contributed by atoms with E-state index in [9.17, 15) is 9.59 Å². The van der Waals surface area contributed by atoms with Gasteiger partial charge < -0.3 is 30.2 Å². The molecule has 0 saturated carbocycles. The molecule has 0 aliphatic carbocycles. The third kappa shape index (κ3) is 4.56. The lowest BCUT2D eigenvalue weighted by molar-refractivity contribution is 0.0952. The topological polar surface area (TPSA) is 105 Å². The number of nitrogens with two attached hydrogens (primary N) is 1. The fraction of sp³-hybridized carbons (Fsp3) is 0.323. The van der Waals surface area contributed by atoms with E-state index in [2.05, 4.69) is 15.2 Å². The van der Waals surface area contributed by atoms with E-state index in [0.717, 1.165) is 47.2 Å². The minimum atomic E-state index is -0.394. The normalized spacial score (nSPS) is 16.0. The number of rotatable bonds is 7. The van der Waals surface area contributed by atoms with Crippen LogP contribution in [-0.2, 0) is 0 Å². The SMILES string of the molecule is Cc1cc2c(=O)c(C(=O)NCCC/N=C/N(C)C)cn3c2c(c1N1CC[C@@H](N)C1)Oc1cc2ccccc2cc1-3. The summed E-state index contributed by atoms with van der Waals surface area (Å²) in [5.41, 5.74) is 9.38. The van der Waals surface area contributed by atoms with Gasteiger partial charge in [-0.2, -0.15) is 0 Å². The molecule has 9 nitrogen and oxygen atoms in total. The number of pyridine rings is 1. The number of nitrogens with zero attached hydrogens (tertiary/aromatic N) is 4. The third-order valence-electron chi connectivity index (χ3n) is 7.55. The fourth-order valence-corrected chi connectivity index (χ4v) is 5.68. The third-order valence-corrected chi connectivity index (χ3v) is 7.55. The minimum absolute atomic E-state index is 0.0870. The van der Waals surface area contributed by atoms with Gasteiger partial charge in [0, 0.05) is 52.5 Å². The molecular formula is C31H34N6O3. The van der Waals surface area contributed by atoms with Gasteiger partial charge in [0.1, 0.15) is 11.1 Å². The van der Waals surface area contributed by atoms with Gasteiger partial charge >= 0.3 is 0 Å². The molecule has 1 amide bonds. The van der Waals surface area contributed by atoms with Crippen LogP contribution in [-0.4, -0.2) is 68.0 Å². The molecule has 3 aromatic carbocycles. The number of carbonyl (C=O) groups excluding carboxylic acids is 1. The number of aryl methyl sites for hydroxylation is 1. The van der Waals surface area contributed by atoms with Crippen LogP contribution in [0.2, 0.25) is 0 Å². The number of aromatic nitrogens is 1. The zero-order chi connectivity index (χ0) is 28.0. The Labute approximate surface area is 232 Å². The van der Waals surface area contributed by atoms with Crippen molar-refractivity contribution in [3.63, 3.8) is 0 Å². The predicted molar refractivity (Wildman–Crippen MR) is 161 cm³/mol. The summed E-state index contributed by atoms with van der Waals surface area (Å²) in [5, 5.41) is 5.47. The van der Waals surface area contributed by atoms with Gasteiger partial charge in [-0.05, 0) is 54.3 Å². The van der Waals surface area contributed by atoms with Crippen molar-refractivity contribution in [1.29, 1.82) is 0 Å². The monoisotopic (exact) mass is 538 g/mol. The standard InChI is InChI=1S/C31H34N6O3/c1-19-13-23-28-30(27(19)36-12-9-22(32)16-36)40-26-15-21-8-5-4-7-20(21)14-25(26)37(28)17-24(29(23)38)31(39)34-11-6-10-33-18-35(2)3/h4-5,7-8,13-15,17-18,22H,6,9-12,16,32H2,1-3H3,(H,34,39)/b33-18+/t22-/m1/s1. The van der Waals surface area contributed by atoms with E-state index >= 15 is 0 Å². The molecule has 3 N–H and O–H groups in total. The summed E-state index contributed by atoms with van der Waals surface area (Å²) < 4.78 is 8.58. The number of anilines is 1. The summed E-state index contributed by atoms with van der Waals surface area (Å²) in [7, 11) is 3.82. The Kier molecular flexibility index (Phi) is 6.67. The average molecular weight is 539 g/mol. The summed E-state index contributed by atoms with van der Waals surface area (Å²) >= 11 is 0. The van der Waals surface area contributed by atoms with Crippen LogP contribution in [0.15, 0.2) is 58.4 Å². The van der Waals surface area contributed by atoms with E-state index < -0.39 is 5.91 Å². The van der Waals surface area contributed by atoms with Crippen molar-refractivity contribution < 1.29 is 9.53 Å². The van der Waals surface area contributed by atoms with Crippen LogP contribution in [0.25, 0.3) is 27.4 Å². The molecule has 40 heavy (non-hydrogen) atoms. The molecule has 0 radical (unpaired) electrons. The molecule has 0 spiro atoms. The molecule has 0 unspecified atom stereocenters. The van der Waals surface area contributed by atoms with Gasteiger partial charge in [-0.1, -0.05) is 24.3 Å². The van der Waals surface area contributed by atoms with Gasteiger partial charge in [-0.25, -0.2) is 0 Å². The number of amides is 1. The summed E-state index contributed by atoms with van der Waals surface area (Å²) in [5.74, 6) is 0.918. The van der Waals surface area contributed by atoms with E-state index in [-0.39, 0.29) is 17.0 Å². The number of nitrogens with one attached hydrogen (secondary N) is 1. The van der Waals surface area contributed by atoms with Crippen molar-refractivity contribution in [2.75, 3.05) is 45.2 Å². The van der Waals surface area contributed by atoms with Crippen molar-refractivity contribution in [3.8, 4) is 17.2 Å². The van der Waals surface area contributed by atoms with Crippen molar-refractivity contribution in [2.24, 2.45) is 10.7 Å². The Morgan fingerprint density at radius 2 is 2.00 bits per heavy atom. The first-order valence-electron chi connectivity index (χ1n) is 13.7. The molecule has 1 atom stereocenters. The van der Waals surface area contributed by atoms with Gasteiger partial charge in [-0.3, -0.25) is 14.6 Å². The molecule has 2 aliphatic heterocycles. The smallest absolute Gasteiger partial charge is 0.256 e. The molecule has 206 valence electrons. The van der Waals surface area contributed by atoms with Crippen LogP contribution in [0, 0.1) is 6.92 Å². The first-order chi connectivity index (χ1) is 19.3. The highest BCUT2D eigenvalue weighted by atomic mass is 16.5. The first-order valence-corrected chi connectivity index (χ1v) is 13.7. The molecule has 2 aliphatic rings. The predicted octanol–water partition coefficient (Wildman–Crippen LogP) is 3.81. The largest absolute Gasteiger partial charge is 0.451 e. The van der Waals surface area contributed by atoms with Gasteiger partial charge in [0.2, 0.25) is 5.43 Å². The Hall–Kier alpha value is -4.37. The number of benzene rings is 3. The van der Waals surface area contributed by atoms with Gasteiger partial charge in [0.25, 0.3) is 5.91 Å². The van der Waals surface area contributed by atoms with Crippen LogP contribution in [0.5, 0.6) is 11.5 Å². The highest BCUT2D eigenvalue weighted by Gasteiger charge is 2.31. The van der Waals surface area contributed by atoms with Crippen LogP contribution in [0.4, 0.5) is 5.69 Å². The zero-order valence-electron chi connectivity index (χ0n) is 23.1. The second kappa shape index (κ2) is 10.3. The van der Waals surface area contributed by atoms with Crippen LogP contribution in [0.3, 0.4) is 0 Å². The molecule has 1 aromatic heterocycles. The molecule has 1 saturated heterocycles. The Bertz CT molecular complexity index is 1720. The van der Waals surface area contributed by atoms with Gasteiger partial charge in [0.05, 0.1) is 23.1 Å². The molecule has 0 bridgehead atoms. The Morgan fingerprint density at radius 3 is 2.73 bits per heavy atom. The lowest BCUT2D eigenvalue weighted by Crippen LogP contribution is -2.31. The second-order valence-electron chi connectivity index (χ2n) is 10.9. The maximum absolute atomic E-state index is 13.8. The Balaban J connectivity index is 1.48. The lowest BCUT2D eigenvalue weighted by atomic mass is 10.0. The van der Waals surface area contributed by atoms with E-state index in [1.54, 1.807) is 12.5 Å². The maximum atomic E-state index is 13.8. The summed E-state index contributed by atoms with van der Waals surface area (Å²) in [6, 6.07) is 14.1. The van der Waals surface area contributed by atoms with Crippen molar-refractivity contribution >= 4 is 39.6 Å². The Morgan fingerprint density at radius 1 is 1.23 bits per heavy atom. The average Bonchev–Trinajstić information content (AvgIpc) is 3.36. The molecule has 3 heterocycles. The van der Waals surface area contributed by atoms with E-state index in [4.69, 9.17) is 10.5 Å². The number of ether oxygens (including phenoxy) is 1. The molecule has 6 rings (SSSR count). The lowest BCUT2D eigenvalue weighted by Gasteiger charge is -2.30. The molecule has 4 aromatic rings. The zero-order valence-corrected chi connectivity index (χ0v) is 23.1. The van der Waals surface area contributed by atoms with Crippen molar-refractivity contribution in [2.45, 2.75) is 25.8 Å². The van der Waals surface area contributed by atoms with Crippen LogP contribution < -0.4 is 26.1 Å².